The smallest absolute Gasteiger partial charge is 0.418 e. The molecule has 8 nitrogen and oxygen atoms in total. The summed E-state index contributed by atoms with van der Waals surface area (Å²) in [6.07, 6.45) is -2.60. The molecule has 0 unspecified atom stereocenters. The molecule has 0 saturated carbocycles. The molecule has 0 saturated heterocycles. The number of nitrogens with two attached hydrogens (primary N) is 1. The molecule has 0 spiro atoms. The van der Waals surface area contributed by atoms with E-state index in [4.69, 9.17) is 10.5 Å². The highest BCUT2D eigenvalue weighted by molar-refractivity contribution is 6.05. The van der Waals surface area contributed by atoms with Gasteiger partial charge >= 0.3 is 6.18 Å². The molecule has 3 N–H and O–H groups in total. The highest BCUT2D eigenvalue weighted by atomic mass is 19.4. The number of hydrogen-bond donors (Lipinski definition) is 2. The van der Waals surface area contributed by atoms with Gasteiger partial charge in [-0.15, -0.1) is 5.10 Å². The van der Waals surface area contributed by atoms with Crippen molar-refractivity contribution in [1.82, 2.24) is 20.2 Å². The maximum absolute atomic E-state index is 13.6. The molecule has 4 rings (SSSR count). The van der Waals surface area contributed by atoms with Crippen LogP contribution in [-0.4, -0.2) is 26.1 Å². The van der Waals surface area contributed by atoms with E-state index in [2.05, 4.69) is 20.2 Å². The lowest BCUT2D eigenvalue weighted by atomic mass is 10.00. The largest absolute Gasteiger partial charge is 0.418 e. The number of aromatic nitrogens is 4. The van der Waals surface area contributed by atoms with E-state index in [0.717, 1.165) is 6.07 Å². The minimum atomic E-state index is -4.69. The number of nitrogens with one attached hydrogen (secondary N) is 1. The van der Waals surface area contributed by atoms with Crippen molar-refractivity contribution in [3.8, 4) is 23.0 Å². The molecule has 0 aliphatic heterocycles. The molecule has 3 aromatic heterocycles. The van der Waals surface area contributed by atoms with Crippen LogP contribution in [0, 0.1) is 13.8 Å². The fourth-order valence-electron chi connectivity index (χ4n) is 3.48. The maximum Gasteiger partial charge on any atom is 0.418 e. The van der Waals surface area contributed by atoms with E-state index in [-0.39, 0.29) is 45.0 Å². The quantitative estimate of drug-likeness (QED) is 0.481. The highest BCUT2D eigenvalue weighted by Gasteiger charge is 2.35. The molecule has 4 aromatic rings. The SMILES string of the molecule is Cc1ccnnc1Oc1ncc(C(F)(F)F)c(C)c1-c1cc(=O)c2c(C(N)=O)cccc2[nH]1. The number of amides is 1. The van der Waals surface area contributed by atoms with Crippen molar-refractivity contribution in [2.75, 3.05) is 0 Å². The van der Waals surface area contributed by atoms with E-state index in [1.807, 2.05) is 0 Å². The predicted octanol–water partition coefficient (Wildman–Crippen LogP) is 3.91. The second-order valence-corrected chi connectivity index (χ2v) is 7.24. The summed E-state index contributed by atoms with van der Waals surface area (Å²) in [5, 5.41) is 7.60. The van der Waals surface area contributed by atoms with Gasteiger partial charge in [-0.2, -0.15) is 18.3 Å². The molecule has 33 heavy (non-hydrogen) atoms. The van der Waals surface area contributed by atoms with Crippen LogP contribution in [0.3, 0.4) is 0 Å². The normalized spacial score (nSPS) is 11.5. The molecular formula is C22H16F3N5O3. The Hall–Kier alpha value is -4.28. The van der Waals surface area contributed by atoms with E-state index in [1.165, 1.54) is 31.3 Å². The minimum Gasteiger partial charge on any atom is -0.418 e. The van der Waals surface area contributed by atoms with Crippen molar-refractivity contribution in [2.24, 2.45) is 5.73 Å². The summed E-state index contributed by atoms with van der Waals surface area (Å²) >= 11 is 0. The first kappa shape index (κ1) is 21.9. The zero-order valence-electron chi connectivity index (χ0n) is 17.3. The summed E-state index contributed by atoms with van der Waals surface area (Å²) in [5.74, 6) is -0.965. The van der Waals surface area contributed by atoms with Crippen LogP contribution >= 0.6 is 0 Å². The van der Waals surface area contributed by atoms with Crippen LogP contribution in [0.2, 0.25) is 0 Å². The lowest BCUT2D eigenvalue weighted by Crippen LogP contribution is -2.16. The van der Waals surface area contributed by atoms with Crippen LogP contribution in [0.5, 0.6) is 11.8 Å². The Morgan fingerprint density at radius 3 is 2.58 bits per heavy atom. The third-order valence-corrected chi connectivity index (χ3v) is 5.07. The Bertz CT molecular complexity index is 1460. The molecule has 0 atom stereocenters. The number of H-pyrrole nitrogens is 1. The number of alkyl halides is 3. The summed E-state index contributed by atoms with van der Waals surface area (Å²) in [5.41, 5.74) is 4.26. The number of carbonyl (C=O) groups excluding carboxylic acids is 1. The van der Waals surface area contributed by atoms with Gasteiger partial charge in [-0.1, -0.05) is 6.07 Å². The van der Waals surface area contributed by atoms with Crippen molar-refractivity contribution >= 4 is 16.8 Å². The third kappa shape index (κ3) is 4.00. The van der Waals surface area contributed by atoms with Crippen LogP contribution in [0.4, 0.5) is 13.2 Å². The molecule has 0 bridgehead atoms. The van der Waals surface area contributed by atoms with Gasteiger partial charge in [0, 0.05) is 17.8 Å². The minimum absolute atomic E-state index is 0.00847. The van der Waals surface area contributed by atoms with Crippen molar-refractivity contribution < 1.29 is 22.7 Å². The summed E-state index contributed by atoms with van der Waals surface area (Å²) in [6, 6.07) is 7.09. The highest BCUT2D eigenvalue weighted by Crippen LogP contribution is 2.40. The summed E-state index contributed by atoms with van der Waals surface area (Å²) < 4.78 is 46.6. The van der Waals surface area contributed by atoms with E-state index < -0.39 is 23.1 Å². The van der Waals surface area contributed by atoms with Gasteiger partial charge in [-0.05, 0) is 37.6 Å². The Morgan fingerprint density at radius 2 is 1.91 bits per heavy atom. The number of hydrogen-bond acceptors (Lipinski definition) is 6. The number of benzene rings is 1. The Morgan fingerprint density at radius 1 is 1.15 bits per heavy atom. The number of fused-ring (bicyclic) bond motifs is 1. The second-order valence-electron chi connectivity index (χ2n) is 7.24. The van der Waals surface area contributed by atoms with Gasteiger partial charge in [0.05, 0.1) is 39.5 Å². The fraction of sp³-hybridized carbons (Fsp3) is 0.136. The molecule has 0 aliphatic rings. The van der Waals surface area contributed by atoms with Gasteiger partial charge in [0.25, 0.3) is 0 Å². The number of pyridine rings is 2. The zero-order valence-corrected chi connectivity index (χ0v) is 17.3. The lowest BCUT2D eigenvalue weighted by molar-refractivity contribution is -0.138. The number of rotatable bonds is 4. The average Bonchev–Trinajstić information content (AvgIpc) is 2.74. The van der Waals surface area contributed by atoms with Gasteiger partial charge < -0.3 is 15.5 Å². The maximum atomic E-state index is 13.6. The Kier molecular flexibility index (Phi) is 5.32. The van der Waals surface area contributed by atoms with Crippen molar-refractivity contribution in [3.05, 3.63) is 75.2 Å². The van der Waals surface area contributed by atoms with Crippen LogP contribution in [0.25, 0.3) is 22.2 Å². The van der Waals surface area contributed by atoms with Crippen molar-refractivity contribution in [2.45, 2.75) is 20.0 Å². The van der Waals surface area contributed by atoms with Crippen LogP contribution in [0.1, 0.15) is 27.0 Å². The van der Waals surface area contributed by atoms with Crippen molar-refractivity contribution in [1.29, 1.82) is 0 Å². The molecular weight excluding hydrogens is 439 g/mol. The van der Waals surface area contributed by atoms with E-state index in [0.29, 0.717) is 11.8 Å². The van der Waals surface area contributed by atoms with Gasteiger partial charge in [0.2, 0.25) is 17.7 Å². The average molecular weight is 455 g/mol. The predicted molar refractivity (Wildman–Crippen MR) is 113 cm³/mol. The molecule has 1 aromatic carbocycles. The topological polar surface area (TPSA) is 124 Å². The molecule has 0 radical (unpaired) electrons. The molecule has 0 fully saturated rings. The summed E-state index contributed by atoms with van der Waals surface area (Å²) in [6.45, 7) is 2.93. The first-order valence-corrected chi connectivity index (χ1v) is 9.57. The van der Waals surface area contributed by atoms with Gasteiger partial charge in [0.15, 0.2) is 5.43 Å². The number of carbonyl (C=O) groups is 1. The zero-order chi connectivity index (χ0) is 23.9. The van der Waals surface area contributed by atoms with E-state index in [1.54, 1.807) is 13.0 Å². The number of aromatic amines is 1. The standard InChI is InChI=1S/C22H16F3N5O3/c1-10-6-7-28-30-20(10)33-21-17(11(2)13(9-27-21)22(23,24)25)15-8-16(31)18-12(19(26)32)4-3-5-14(18)29-15/h3-9H,1-2H3,(H2,26,32)(H,29,31). The molecule has 1 amide bonds. The number of primary amides is 1. The number of halogens is 3. The van der Waals surface area contributed by atoms with E-state index >= 15 is 0 Å². The number of aryl methyl sites for hydroxylation is 1. The van der Waals surface area contributed by atoms with Gasteiger partial charge in [-0.3, -0.25) is 9.59 Å². The van der Waals surface area contributed by atoms with Crippen molar-refractivity contribution in [3.63, 3.8) is 0 Å². The summed E-state index contributed by atoms with van der Waals surface area (Å²) in [7, 11) is 0. The molecule has 0 aliphatic carbocycles. The van der Waals surface area contributed by atoms with Crippen LogP contribution < -0.4 is 15.9 Å². The fourth-order valence-corrected chi connectivity index (χ4v) is 3.48. The monoisotopic (exact) mass is 455 g/mol. The molecule has 168 valence electrons. The Balaban J connectivity index is 2.01. The molecule has 3 heterocycles. The second kappa shape index (κ2) is 8.01. The van der Waals surface area contributed by atoms with Crippen LogP contribution in [-0.2, 0) is 6.18 Å². The first-order valence-electron chi connectivity index (χ1n) is 9.57. The Labute approximate surface area is 184 Å². The first-order chi connectivity index (χ1) is 15.6. The number of nitrogens with zero attached hydrogens (tertiary/aromatic N) is 3. The summed E-state index contributed by atoms with van der Waals surface area (Å²) in [4.78, 5) is 31.4. The van der Waals surface area contributed by atoms with E-state index in [9.17, 15) is 22.8 Å². The molecule has 11 heteroatoms. The third-order valence-electron chi connectivity index (χ3n) is 5.07. The van der Waals surface area contributed by atoms with Gasteiger partial charge in [-0.25, -0.2) is 4.98 Å². The lowest BCUT2D eigenvalue weighted by Gasteiger charge is -2.18. The van der Waals surface area contributed by atoms with Gasteiger partial charge in [0.1, 0.15) is 0 Å². The number of ether oxygens (including phenoxy) is 1. The van der Waals surface area contributed by atoms with Crippen LogP contribution in [0.15, 0.2) is 47.5 Å².